The van der Waals surface area contributed by atoms with E-state index < -0.39 is 0 Å². The molecule has 8 nitrogen and oxygen atoms in total. The fraction of sp³-hybridized carbons (Fsp3) is 0.429. The molecule has 36 heavy (non-hydrogen) atoms. The number of rotatable bonds is 5. The molecule has 0 radical (unpaired) electrons. The van der Waals surface area contributed by atoms with Crippen molar-refractivity contribution < 1.29 is 9.59 Å². The van der Waals surface area contributed by atoms with Crippen molar-refractivity contribution in [3.05, 3.63) is 48.3 Å². The van der Waals surface area contributed by atoms with Crippen LogP contribution in [0.5, 0.6) is 0 Å². The maximum Gasteiger partial charge on any atom is 0.250 e. The minimum absolute atomic E-state index is 0.114. The number of hydrogen-bond donors (Lipinski definition) is 2. The number of anilines is 2. The van der Waals surface area contributed by atoms with Crippen molar-refractivity contribution in [1.82, 2.24) is 19.4 Å². The fourth-order valence-electron chi connectivity index (χ4n) is 5.83. The van der Waals surface area contributed by atoms with E-state index >= 15 is 0 Å². The second-order valence-electron chi connectivity index (χ2n) is 10.2. The second-order valence-corrected chi connectivity index (χ2v) is 10.2. The van der Waals surface area contributed by atoms with Crippen molar-refractivity contribution in [2.24, 2.45) is 13.0 Å². The van der Waals surface area contributed by atoms with E-state index in [4.69, 9.17) is 5.73 Å². The molecule has 2 aromatic heterocycles. The van der Waals surface area contributed by atoms with Crippen molar-refractivity contribution >= 4 is 34.4 Å². The van der Waals surface area contributed by atoms with Crippen molar-refractivity contribution in [2.75, 3.05) is 24.1 Å². The number of carbonyl (C=O) groups excluding carboxylic acids is 2. The number of nitrogens with one attached hydrogen (secondary N) is 1. The Kier molecular flexibility index (Phi) is 6.51. The summed E-state index contributed by atoms with van der Waals surface area (Å²) in [6.45, 7) is 7.19. The van der Waals surface area contributed by atoms with Crippen molar-refractivity contribution in [1.29, 1.82) is 0 Å². The number of carbonyl (C=O) groups is 2. The van der Waals surface area contributed by atoms with Crippen LogP contribution in [-0.2, 0) is 16.6 Å². The number of nitrogen functional groups attached to an aromatic ring is 1. The summed E-state index contributed by atoms with van der Waals surface area (Å²) in [6, 6.07) is 7.83. The molecule has 5 rings (SSSR count). The molecule has 0 bridgehead atoms. The Morgan fingerprint density at radius 2 is 1.72 bits per heavy atom. The van der Waals surface area contributed by atoms with Gasteiger partial charge in [0.2, 0.25) is 5.91 Å². The van der Waals surface area contributed by atoms with Crippen LogP contribution in [0.1, 0.15) is 56.9 Å². The van der Waals surface area contributed by atoms with Gasteiger partial charge in [-0.15, -0.1) is 0 Å². The van der Waals surface area contributed by atoms with Gasteiger partial charge in [0.1, 0.15) is 17.8 Å². The minimum Gasteiger partial charge on any atom is -0.383 e. The molecule has 3 N–H and O–H groups in total. The zero-order valence-electron chi connectivity index (χ0n) is 21.1. The Balaban J connectivity index is 1.47. The molecule has 0 spiro atoms. The molecule has 3 heterocycles. The summed E-state index contributed by atoms with van der Waals surface area (Å²) < 4.78 is 2.09. The van der Waals surface area contributed by atoms with Crippen LogP contribution in [0.2, 0.25) is 0 Å². The number of hydrogen-bond acceptors (Lipinski definition) is 5. The van der Waals surface area contributed by atoms with E-state index in [-0.39, 0.29) is 17.7 Å². The van der Waals surface area contributed by atoms with Crippen LogP contribution in [-0.4, -0.2) is 44.3 Å². The average Bonchev–Trinajstić information content (AvgIpc) is 3.52. The number of nitrogens with zero attached hydrogens (tertiary/aromatic N) is 4. The highest BCUT2D eigenvalue weighted by atomic mass is 16.2. The van der Waals surface area contributed by atoms with Crippen LogP contribution in [0.15, 0.2) is 42.7 Å². The standard InChI is InChI=1S/C28H34N6O2/c1-17(2)27(35)32-21-12-10-19(11-13-21)24-22(23-25(29)30-16-31-26(23)33(24)3)18-6-8-20(9-7-18)28(36)34-14-4-5-15-34/h10-13,16,18,20H,1,4-9,14-15H2,2-3H3,(H,32,35)(H2,29,30,31)/t18-,20+. The van der Waals surface area contributed by atoms with Gasteiger partial charge in [-0.25, -0.2) is 9.97 Å². The van der Waals surface area contributed by atoms with Gasteiger partial charge in [0.15, 0.2) is 0 Å². The Bertz CT molecular complexity index is 1310. The number of likely N-dealkylation sites (tertiary alicyclic amines) is 1. The number of aryl methyl sites for hydroxylation is 1. The van der Waals surface area contributed by atoms with Crippen molar-refractivity contribution in [3.63, 3.8) is 0 Å². The second kappa shape index (κ2) is 9.76. The van der Waals surface area contributed by atoms with E-state index in [9.17, 15) is 9.59 Å². The van der Waals surface area contributed by atoms with Gasteiger partial charge in [-0.3, -0.25) is 9.59 Å². The summed E-state index contributed by atoms with van der Waals surface area (Å²) in [4.78, 5) is 35.9. The number of fused-ring (bicyclic) bond motifs is 1. The molecule has 188 valence electrons. The Morgan fingerprint density at radius 1 is 1.06 bits per heavy atom. The van der Waals surface area contributed by atoms with Gasteiger partial charge in [-0.05, 0) is 74.6 Å². The highest BCUT2D eigenvalue weighted by Gasteiger charge is 2.34. The van der Waals surface area contributed by atoms with Gasteiger partial charge < -0.3 is 20.5 Å². The topological polar surface area (TPSA) is 106 Å². The number of benzene rings is 1. The van der Waals surface area contributed by atoms with Gasteiger partial charge in [-0.1, -0.05) is 18.7 Å². The van der Waals surface area contributed by atoms with E-state index in [1.54, 1.807) is 6.92 Å². The lowest BCUT2D eigenvalue weighted by molar-refractivity contribution is -0.135. The Hall–Kier alpha value is -3.68. The average molecular weight is 487 g/mol. The SMILES string of the molecule is C=C(C)C(=O)Nc1ccc(-c2c([C@H]3CC[C@@H](C(=O)N4CCCC4)CC3)c3c(N)ncnc3n2C)cc1. The summed E-state index contributed by atoms with van der Waals surface area (Å²) in [6.07, 6.45) is 7.37. The summed E-state index contributed by atoms with van der Waals surface area (Å²) in [7, 11) is 2.01. The number of nitrogens with two attached hydrogens (primary N) is 1. The molecule has 1 aliphatic carbocycles. The molecule has 1 saturated heterocycles. The molecule has 1 aliphatic heterocycles. The first-order valence-electron chi connectivity index (χ1n) is 12.8. The third-order valence-corrected chi connectivity index (χ3v) is 7.74. The summed E-state index contributed by atoms with van der Waals surface area (Å²) in [5.74, 6) is 0.998. The molecule has 8 heteroatoms. The normalized spacial score (nSPS) is 20.0. The van der Waals surface area contributed by atoms with Crippen molar-refractivity contribution in [3.8, 4) is 11.3 Å². The van der Waals surface area contributed by atoms with Gasteiger partial charge in [0.05, 0.1) is 11.1 Å². The number of aromatic nitrogens is 3. The van der Waals surface area contributed by atoms with Gasteiger partial charge in [-0.2, -0.15) is 0 Å². The smallest absolute Gasteiger partial charge is 0.250 e. The molecule has 2 amide bonds. The molecule has 2 fully saturated rings. The van der Waals surface area contributed by atoms with Gasteiger partial charge in [0, 0.05) is 37.3 Å². The minimum atomic E-state index is -0.198. The van der Waals surface area contributed by atoms with Crippen LogP contribution >= 0.6 is 0 Å². The molecule has 1 aromatic carbocycles. The molecule has 2 aliphatic rings. The van der Waals surface area contributed by atoms with E-state index in [1.807, 2.05) is 36.2 Å². The lowest BCUT2D eigenvalue weighted by atomic mass is 9.77. The lowest BCUT2D eigenvalue weighted by Crippen LogP contribution is -2.35. The largest absolute Gasteiger partial charge is 0.383 e. The van der Waals surface area contributed by atoms with E-state index in [0.717, 1.165) is 79.5 Å². The number of amides is 2. The molecule has 0 atom stereocenters. The van der Waals surface area contributed by atoms with E-state index in [2.05, 4.69) is 26.4 Å². The third kappa shape index (κ3) is 4.36. The summed E-state index contributed by atoms with van der Waals surface area (Å²) >= 11 is 0. The zero-order chi connectivity index (χ0) is 25.4. The van der Waals surface area contributed by atoms with Gasteiger partial charge in [0.25, 0.3) is 5.91 Å². The van der Waals surface area contributed by atoms with Crippen LogP contribution in [0, 0.1) is 5.92 Å². The van der Waals surface area contributed by atoms with E-state index in [1.165, 1.54) is 6.33 Å². The highest BCUT2D eigenvalue weighted by Crippen LogP contribution is 2.46. The first kappa shape index (κ1) is 24.0. The summed E-state index contributed by atoms with van der Waals surface area (Å²) in [5, 5.41) is 3.77. The quantitative estimate of drug-likeness (QED) is 0.512. The monoisotopic (exact) mass is 486 g/mol. The molecular weight excluding hydrogens is 452 g/mol. The Labute approximate surface area is 211 Å². The first-order valence-corrected chi connectivity index (χ1v) is 12.8. The van der Waals surface area contributed by atoms with Crippen LogP contribution in [0.4, 0.5) is 11.5 Å². The molecule has 1 saturated carbocycles. The molecule has 3 aromatic rings. The maximum atomic E-state index is 13.0. The van der Waals surface area contributed by atoms with Crippen molar-refractivity contribution in [2.45, 2.75) is 51.4 Å². The zero-order valence-corrected chi connectivity index (χ0v) is 21.1. The Morgan fingerprint density at radius 3 is 2.36 bits per heavy atom. The predicted octanol–water partition coefficient (Wildman–Crippen LogP) is 4.63. The maximum absolute atomic E-state index is 13.0. The molecule has 0 unspecified atom stereocenters. The highest BCUT2D eigenvalue weighted by molar-refractivity contribution is 6.03. The summed E-state index contributed by atoms with van der Waals surface area (Å²) in [5.41, 5.74) is 11.6. The van der Waals surface area contributed by atoms with Gasteiger partial charge >= 0.3 is 0 Å². The fourth-order valence-corrected chi connectivity index (χ4v) is 5.83. The lowest BCUT2D eigenvalue weighted by Gasteiger charge is -2.31. The van der Waals surface area contributed by atoms with Crippen LogP contribution in [0.25, 0.3) is 22.3 Å². The van der Waals surface area contributed by atoms with Crippen LogP contribution < -0.4 is 11.1 Å². The molecular formula is C28H34N6O2. The predicted molar refractivity (Wildman–Crippen MR) is 142 cm³/mol. The third-order valence-electron chi connectivity index (χ3n) is 7.74. The first-order chi connectivity index (χ1) is 17.3. The van der Waals surface area contributed by atoms with E-state index in [0.29, 0.717) is 23.0 Å². The van der Waals surface area contributed by atoms with Crippen LogP contribution in [0.3, 0.4) is 0 Å².